The van der Waals surface area contributed by atoms with Gasteiger partial charge in [-0.25, -0.2) is 13.6 Å². The fourth-order valence-corrected chi connectivity index (χ4v) is 3.15. The molecule has 1 aliphatic rings. The first-order chi connectivity index (χ1) is 11.3. The highest BCUT2D eigenvalue weighted by molar-refractivity contribution is 7.89. The fraction of sp³-hybridized carbons (Fsp3) is 0.562. The first kappa shape index (κ1) is 18.7. The lowest BCUT2D eigenvalue weighted by Crippen LogP contribution is -2.45. The van der Waals surface area contributed by atoms with E-state index in [-0.39, 0.29) is 10.5 Å². The zero-order valence-electron chi connectivity index (χ0n) is 14.2. The van der Waals surface area contributed by atoms with E-state index in [1.807, 2.05) is 0 Å². The first-order valence-electron chi connectivity index (χ1n) is 8.03. The van der Waals surface area contributed by atoms with Gasteiger partial charge in [0.25, 0.3) is 0 Å². The Morgan fingerprint density at radius 1 is 1.33 bits per heavy atom. The number of hydrogen-bond donors (Lipinski definition) is 3. The second-order valence-electron chi connectivity index (χ2n) is 6.19. The minimum Gasteiger partial charge on any atom is -0.373 e. The average Bonchev–Trinajstić information content (AvgIpc) is 2.97. The van der Waals surface area contributed by atoms with Gasteiger partial charge in [-0.15, -0.1) is 0 Å². The summed E-state index contributed by atoms with van der Waals surface area (Å²) in [6, 6.07) is 6.59. The van der Waals surface area contributed by atoms with Crippen LogP contribution in [0.15, 0.2) is 34.2 Å². The first-order valence-corrected chi connectivity index (χ1v) is 9.57. The number of guanidine groups is 1. The normalized spacial score (nSPS) is 21.7. The van der Waals surface area contributed by atoms with Crippen molar-refractivity contribution in [3.63, 3.8) is 0 Å². The molecule has 0 aromatic heterocycles. The van der Waals surface area contributed by atoms with Gasteiger partial charge in [0, 0.05) is 26.7 Å². The second-order valence-corrected chi connectivity index (χ2v) is 7.75. The molecule has 1 heterocycles. The Morgan fingerprint density at radius 3 is 2.58 bits per heavy atom. The molecule has 4 N–H and O–H groups in total. The third kappa shape index (κ3) is 5.47. The Kier molecular flexibility index (Phi) is 6.20. The number of nitrogens with one attached hydrogen (secondary N) is 2. The molecule has 2 rings (SSSR count). The summed E-state index contributed by atoms with van der Waals surface area (Å²) >= 11 is 0. The predicted molar refractivity (Wildman–Crippen MR) is 94.5 cm³/mol. The number of hydrogen-bond acceptors (Lipinski definition) is 4. The number of nitrogens with zero attached hydrogens (tertiary/aromatic N) is 1. The number of nitrogens with two attached hydrogens (primary N) is 1. The van der Waals surface area contributed by atoms with Crippen LogP contribution in [0, 0.1) is 0 Å². The van der Waals surface area contributed by atoms with Crippen LogP contribution in [0.2, 0.25) is 0 Å². The van der Waals surface area contributed by atoms with Crippen LogP contribution < -0.4 is 15.8 Å². The monoisotopic (exact) mass is 354 g/mol. The molecule has 1 saturated heterocycles. The largest absolute Gasteiger partial charge is 0.373 e. The van der Waals surface area contributed by atoms with Crippen molar-refractivity contribution < 1.29 is 13.2 Å². The number of aliphatic imine (C=N–C) groups is 1. The number of primary sulfonamides is 1. The molecule has 1 aliphatic heterocycles. The van der Waals surface area contributed by atoms with E-state index < -0.39 is 10.0 Å². The van der Waals surface area contributed by atoms with Crippen molar-refractivity contribution in [2.24, 2.45) is 10.1 Å². The van der Waals surface area contributed by atoms with Gasteiger partial charge in [0.15, 0.2) is 5.96 Å². The van der Waals surface area contributed by atoms with E-state index in [1.54, 1.807) is 19.2 Å². The summed E-state index contributed by atoms with van der Waals surface area (Å²) in [5, 5.41) is 11.6. The lowest BCUT2D eigenvalue weighted by molar-refractivity contribution is 0.0243. The van der Waals surface area contributed by atoms with Crippen LogP contribution in [0.25, 0.3) is 0 Å². The van der Waals surface area contributed by atoms with Crippen LogP contribution in [0.4, 0.5) is 0 Å². The van der Waals surface area contributed by atoms with E-state index in [1.165, 1.54) is 12.1 Å². The summed E-state index contributed by atoms with van der Waals surface area (Å²) in [4.78, 5) is 4.33. The quantitative estimate of drug-likeness (QED) is 0.513. The van der Waals surface area contributed by atoms with Gasteiger partial charge in [0.05, 0.1) is 10.5 Å². The van der Waals surface area contributed by atoms with Crippen molar-refractivity contribution in [1.82, 2.24) is 10.6 Å². The standard InChI is InChI=1S/C16H26N4O3S/c1-16(9-3-11-23-16)12-20-15(18-2)19-10-8-13-4-6-14(7-5-13)24(17,21)22/h4-7H,3,8-12H2,1-2H3,(H2,17,21,22)(H2,18,19,20). The summed E-state index contributed by atoms with van der Waals surface area (Å²) in [7, 11) is -1.91. The molecule has 0 radical (unpaired) electrons. The highest BCUT2D eigenvalue weighted by atomic mass is 32.2. The molecule has 0 saturated carbocycles. The molecule has 8 heteroatoms. The summed E-state index contributed by atoms with van der Waals surface area (Å²) in [5.41, 5.74) is 0.901. The van der Waals surface area contributed by atoms with Crippen LogP contribution in [-0.2, 0) is 21.2 Å². The van der Waals surface area contributed by atoms with Crippen molar-refractivity contribution >= 4 is 16.0 Å². The minimum absolute atomic E-state index is 0.124. The van der Waals surface area contributed by atoms with E-state index in [0.29, 0.717) is 6.54 Å². The maximum Gasteiger partial charge on any atom is 0.238 e. The summed E-state index contributed by atoms with van der Waals surface area (Å²) < 4.78 is 28.2. The van der Waals surface area contributed by atoms with Crippen LogP contribution in [0.3, 0.4) is 0 Å². The van der Waals surface area contributed by atoms with Gasteiger partial charge in [-0.1, -0.05) is 12.1 Å². The van der Waals surface area contributed by atoms with Crippen LogP contribution >= 0.6 is 0 Å². The fourth-order valence-electron chi connectivity index (χ4n) is 2.64. The second kappa shape index (κ2) is 7.96. The molecule has 1 aromatic rings. The van der Waals surface area contributed by atoms with E-state index in [9.17, 15) is 8.42 Å². The Bertz CT molecular complexity index is 665. The molecule has 24 heavy (non-hydrogen) atoms. The zero-order valence-corrected chi connectivity index (χ0v) is 15.0. The molecule has 0 amide bonds. The minimum atomic E-state index is -3.64. The van der Waals surface area contributed by atoms with Gasteiger partial charge in [-0.2, -0.15) is 0 Å². The highest BCUT2D eigenvalue weighted by Gasteiger charge is 2.29. The highest BCUT2D eigenvalue weighted by Crippen LogP contribution is 2.23. The lowest BCUT2D eigenvalue weighted by atomic mass is 10.0. The molecular weight excluding hydrogens is 328 g/mol. The van der Waals surface area contributed by atoms with Crippen molar-refractivity contribution in [2.75, 3.05) is 26.7 Å². The van der Waals surface area contributed by atoms with Crippen molar-refractivity contribution in [3.05, 3.63) is 29.8 Å². The SMILES string of the molecule is CN=C(NCCc1ccc(S(N)(=O)=O)cc1)NCC1(C)CCCO1. The molecule has 1 fully saturated rings. The molecule has 0 spiro atoms. The van der Waals surface area contributed by atoms with Gasteiger partial charge >= 0.3 is 0 Å². The molecule has 1 unspecified atom stereocenters. The van der Waals surface area contributed by atoms with Gasteiger partial charge in [0.1, 0.15) is 0 Å². The molecule has 1 aromatic carbocycles. The summed E-state index contributed by atoms with van der Waals surface area (Å²) in [5.74, 6) is 0.730. The van der Waals surface area contributed by atoms with Crippen LogP contribution in [-0.4, -0.2) is 46.7 Å². The van der Waals surface area contributed by atoms with Crippen LogP contribution in [0.1, 0.15) is 25.3 Å². The number of ether oxygens (including phenoxy) is 1. The van der Waals surface area contributed by atoms with E-state index in [0.717, 1.165) is 43.9 Å². The number of benzene rings is 1. The summed E-state index contributed by atoms with van der Waals surface area (Å²) in [6.45, 7) is 4.33. The Balaban J connectivity index is 1.77. The van der Waals surface area contributed by atoms with Gasteiger partial charge in [0.2, 0.25) is 10.0 Å². The Morgan fingerprint density at radius 2 is 2.04 bits per heavy atom. The Labute approximate surface area is 143 Å². The number of rotatable bonds is 6. The molecule has 1 atom stereocenters. The maximum absolute atomic E-state index is 11.2. The van der Waals surface area contributed by atoms with Crippen LogP contribution in [0.5, 0.6) is 0 Å². The maximum atomic E-state index is 11.2. The molecule has 0 aliphatic carbocycles. The lowest BCUT2D eigenvalue weighted by Gasteiger charge is -2.24. The zero-order chi connectivity index (χ0) is 17.6. The van der Waals surface area contributed by atoms with Gasteiger partial charge in [-0.05, 0) is 43.9 Å². The predicted octanol–water partition coefficient (Wildman–Crippen LogP) is 0.611. The van der Waals surface area contributed by atoms with E-state index in [4.69, 9.17) is 9.88 Å². The van der Waals surface area contributed by atoms with Gasteiger partial charge < -0.3 is 15.4 Å². The number of sulfonamides is 1. The smallest absolute Gasteiger partial charge is 0.238 e. The Hall–Kier alpha value is -1.64. The van der Waals surface area contributed by atoms with Crippen molar-refractivity contribution in [1.29, 1.82) is 0 Å². The molecular formula is C16H26N4O3S. The van der Waals surface area contributed by atoms with E-state index >= 15 is 0 Å². The topological polar surface area (TPSA) is 106 Å². The third-order valence-electron chi connectivity index (χ3n) is 4.11. The van der Waals surface area contributed by atoms with E-state index in [2.05, 4.69) is 22.5 Å². The molecule has 0 bridgehead atoms. The average molecular weight is 354 g/mol. The molecule has 134 valence electrons. The van der Waals surface area contributed by atoms with Crippen molar-refractivity contribution in [2.45, 2.75) is 36.7 Å². The van der Waals surface area contributed by atoms with Gasteiger partial charge in [-0.3, -0.25) is 4.99 Å². The molecule has 7 nitrogen and oxygen atoms in total. The summed E-state index contributed by atoms with van der Waals surface area (Å²) in [6.07, 6.45) is 2.89. The van der Waals surface area contributed by atoms with Crippen molar-refractivity contribution in [3.8, 4) is 0 Å². The third-order valence-corrected chi connectivity index (χ3v) is 5.04.